The highest BCUT2D eigenvalue weighted by molar-refractivity contribution is 5.87. The first-order chi connectivity index (χ1) is 11.0. The van der Waals surface area contributed by atoms with Crippen molar-refractivity contribution in [3.05, 3.63) is 30.1 Å². The SMILES string of the molecule is CC(C)NC(=O)N1CCC2(CC1)CC(c1ccncc1)C(=O)N2. The van der Waals surface area contributed by atoms with Gasteiger partial charge >= 0.3 is 6.03 Å². The van der Waals surface area contributed by atoms with Crippen LogP contribution in [0.3, 0.4) is 0 Å². The van der Waals surface area contributed by atoms with Crippen molar-refractivity contribution < 1.29 is 9.59 Å². The Bertz CT molecular complexity index is 580. The molecule has 0 radical (unpaired) electrons. The zero-order valence-corrected chi connectivity index (χ0v) is 13.7. The minimum absolute atomic E-state index is 0.00939. The average molecular weight is 316 g/mol. The van der Waals surface area contributed by atoms with Gasteiger partial charge in [-0.25, -0.2) is 4.79 Å². The van der Waals surface area contributed by atoms with Crippen LogP contribution in [0.2, 0.25) is 0 Å². The van der Waals surface area contributed by atoms with E-state index in [1.54, 1.807) is 12.4 Å². The van der Waals surface area contributed by atoms with E-state index < -0.39 is 0 Å². The summed E-state index contributed by atoms with van der Waals surface area (Å²) in [5.74, 6) is -0.00896. The highest BCUT2D eigenvalue weighted by Crippen LogP contribution is 2.39. The Hall–Kier alpha value is -2.11. The van der Waals surface area contributed by atoms with Crippen molar-refractivity contribution in [1.29, 1.82) is 0 Å². The number of pyridine rings is 1. The fourth-order valence-corrected chi connectivity index (χ4v) is 3.55. The first-order valence-electron chi connectivity index (χ1n) is 8.26. The van der Waals surface area contributed by atoms with Gasteiger partial charge < -0.3 is 15.5 Å². The lowest BCUT2D eigenvalue weighted by molar-refractivity contribution is -0.121. The molecule has 6 heteroatoms. The molecule has 2 aliphatic rings. The molecule has 0 saturated carbocycles. The summed E-state index contributed by atoms with van der Waals surface area (Å²) in [4.78, 5) is 30.3. The van der Waals surface area contributed by atoms with Gasteiger partial charge in [0.1, 0.15) is 0 Å². The molecule has 0 aliphatic carbocycles. The summed E-state index contributed by atoms with van der Waals surface area (Å²) in [5.41, 5.74) is 0.856. The Morgan fingerprint density at radius 3 is 2.61 bits per heavy atom. The lowest BCUT2D eigenvalue weighted by Gasteiger charge is -2.39. The van der Waals surface area contributed by atoms with E-state index in [9.17, 15) is 9.59 Å². The quantitative estimate of drug-likeness (QED) is 0.871. The molecule has 0 bridgehead atoms. The van der Waals surface area contributed by atoms with Gasteiger partial charge in [-0.3, -0.25) is 9.78 Å². The van der Waals surface area contributed by atoms with Crippen LogP contribution in [0.1, 0.15) is 44.6 Å². The summed E-state index contributed by atoms with van der Waals surface area (Å²) in [5, 5.41) is 6.13. The molecule has 6 nitrogen and oxygen atoms in total. The van der Waals surface area contributed by atoms with Crippen molar-refractivity contribution >= 4 is 11.9 Å². The molecule has 124 valence electrons. The number of urea groups is 1. The van der Waals surface area contributed by atoms with Crippen LogP contribution in [-0.2, 0) is 4.79 Å². The van der Waals surface area contributed by atoms with Crippen molar-refractivity contribution in [2.45, 2.75) is 50.6 Å². The van der Waals surface area contributed by atoms with Crippen LogP contribution >= 0.6 is 0 Å². The number of carbonyl (C=O) groups excluding carboxylic acids is 2. The maximum Gasteiger partial charge on any atom is 0.317 e. The van der Waals surface area contributed by atoms with Crippen LogP contribution in [0.5, 0.6) is 0 Å². The van der Waals surface area contributed by atoms with Crippen molar-refractivity contribution in [2.75, 3.05) is 13.1 Å². The first-order valence-corrected chi connectivity index (χ1v) is 8.26. The Morgan fingerprint density at radius 2 is 2.00 bits per heavy atom. The standard InChI is InChI=1S/C17H24N4O2/c1-12(2)19-16(23)21-9-5-17(6-10-21)11-14(15(22)20-17)13-3-7-18-8-4-13/h3-4,7-8,12,14H,5-6,9-11H2,1-2H3,(H,19,23)(H,20,22). The van der Waals surface area contributed by atoms with Crippen molar-refractivity contribution in [1.82, 2.24) is 20.5 Å². The highest BCUT2D eigenvalue weighted by atomic mass is 16.2. The average Bonchev–Trinajstić information content (AvgIpc) is 2.84. The Kier molecular flexibility index (Phi) is 4.24. The molecule has 1 aromatic heterocycles. The molecule has 1 aromatic rings. The zero-order chi connectivity index (χ0) is 16.4. The predicted octanol–water partition coefficient (Wildman–Crippen LogP) is 1.64. The topological polar surface area (TPSA) is 74.3 Å². The molecule has 3 amide bonds. The van der Waals surface area contributed by atoms with E-state index >= 15 is 0 Å². The van der Waals surface area contributed by atoms with E-state index in [0.29, 0.717) is 13.1 Å². The Morgan fingerprint density at radius 1 is 1.35 bits per heavy atom. The molecular weight excluding hydrogens is 292 g/mol. The summed E-state index contributed by atoms with van der Waals surface area (Å²) < 4.78 is 0. The Balaban J connectivity index is 1.63. The van der Waals surface area contributed by atoms with E-state index in [2.05, 4.69) is 15.6 Å². The number of hydrogen-bond donors (Lipinski definition) is 2. The second-order valence-corrected chi connectivity index (χ2v) is 6.90. The molecule has 2 aliphatic heterocycles. The third-order valence-corrected chi connectivity index (χ3v) is 4.83. The molecule has 2 N–H and O–H groups in total. The highest BCUT2D eigenvalue weighted by Gasteiger charge is 2.46. The first kappa shape index (κ1) is 15.8. The third-order valence-electron chi connectivity index (χ3n) is 4.83. The fraction of sp³-hybridized carbons (Fsp3) is 0.588. The van der Waals surface area contributed by atoms with E-state index in [1.807, 2.05) is 30.9 Å². The molecule has 23 heavy (non-hydrogen) atoms. The van der Waals surface area contributed by atoms with E-state index in [1.165, 1.54) is 0 Å². The lowest BCUT2D eigenvalue weighted by Crippen LogP contribution is -2.54. The number of likely N-dealkylation sites (tertiary alicyclic amines) is 1. The maximum absolute atomic E-state index is 12.4. The number of amides is 3. The van der Waals surface area contributed by atoms with Crippen molar-refractivity contribution in [2.24, 2.45) is 0 Å². The minimum atomic E-state index is -0.167. The fourth-order valence-electron chi connectivity index (χ4n) is 3.55. The molecular formula is C17H24N4O2. The van der Waals surface area contributed by atoms with Crippen molar-refractivity contribution in [3.8, 4) is 0 Å². The van der Waals surface area contributed by atoms with Crippen molar-refractivity contribution in [3.63, 3.8) is 0 Å². The number of hydrogen-bond acceptors (Lipinski definition) is 3. The van der Waals surface area contributed by atoms with E-state index in [4.69, 9.17) is 0 Å². The zero-order valence-electron chi connectivity index (χ0n) is 13.7. The van der Waals surface area contributed by atoms with Crippen LogP contribution in [0.4, 0.5) is 4.79 Å². The molecule has 2 saturated heterocycles. The number of rotatable bonds is 2. The molecule has 1 atom stereocenters. The Labute approximate surface area is 136 Å². The number of nitrogens with zero attached hydrogens (tertiary/aromatic N) is 2. The normalized spacial score (nSPS) is 23.2. The second-order valence-electron chi connectivity index (χ2n) is 6.90. The van der Waals surface area contributed by atoms with Gasteiger partial charge in [0.2, 0.25) is 5.91 Å². The van der Waals surface area contributed by atoms with Gasteiger partial charge in [0.25, 0.3) is 0 Å². The predicted molar refractivity (Wildman–Crippen MR) is 86.9 cm³/mol. The van der Waals surface area contributed by atoms with Gasteiger partial charge in [-0.05, 0) is 50.8 Å². The number of aromatic nitrogens is 1. The third kappa shape index (κ3) is 3.30. The number of nitrogens with one attached hydrogen (secondary N) is 2. The summed E-state index contributed by atoms with van der Waals surface area (Å²) in [7, 11) is 0. The van der Waals surface area contributed by atoms with Gasteiger partial charge in [0, 0.05) is 37.1 Å². The molecule has 2 fully saturated rings. The van der Waals surface area contributed by atoms with Gasteiger partial charge in [0.05, 0.1) is 5.92 Å². The second kappa shape index (κ2) is 6.18. The lowest BCUT2D eigenvalue weighted by atomic mass is 9.82. The summed E-state index contributed by atoms with van der Waals surface area (Å²) in [6, 6.07) is 3.95. The molecule has 3 rings (SSSR count). The summed E-state index contributed by atoms with van der Waals surface area (Å²) in [6.07, 6.45) is 5.88. The van der Waals surface area contributed by atoms with Gasteiger partial charge in [-0.1, -0.05) is 0 Å². The van der Waals surface area contributed by atoms with Crippen LogP contribution < -0.4 is 10.6 Å². The van der Waals surface area contributed by atoms with Crippen LogP contribution in [0, 0.1) is 0 Å². The molecule has 1 unspecified atom stereocenters. The number of carbonyl (C=O) groups is 2. The van der Waals surface area contributed by atoms with Gasteiger partial charge in [-0.15, -0.1) is 0 Å². The molecule has 3 heterocycles. The molecule has 1 spiro atoms. The van der Waals surface area contributed by atoms with Crippen LogP contribution in [0.15, 0.2) is 24.5 Å². The minimum Gasteiger partial charge on any atom is -0.350 e. The summed E-state index contributed by atoms with van der Waals surface area (Å²) in [6.45, 7) is 5.28. The summed E-state index contributed by atoms with van der Waals surface area (Å²) >= 11 is 0. The largest absolute Gasteiger partial charge is 0.350 e. The monoisotopic (exact) mass is 316 g/mol. The smallest absolute Gasteiger partial charge is 0.317 e. The maximum atomic E-state index is 12.4. The van der Waals surface area contributed by atoms with E-state index in [0.717, 1.165) is 24.8 Å². The van der Waals surface area contributed by atoms with Crippen LogP contribution in [0.25, 0.3) is 0 Å². The molecule has 0 aromatic carbocycles. The van der Waals surface area contributed by atoms with Gasteiger partial charge in [-0.2, -0.15) is 0 Å². The number of piperidine rings is 1. The van der Waals surface area contributed by atoms with E-state index in [-0.39, 0.29) is 29.4 Å². The van der Waals surface area contributed by atoms with Gasteiger partial charge in [0.15, 0.2) is 0 Å². The van der Waals surface area contributed by atoms with Crippen LogP contribution in [-0.4, -0.2) is 46.5 Å².